The second kappa shape index (κ2) is 12.5. The molecule has 0 spiro atoms. The summed E-state index contributed by atoms with van der Waals surface area (Å²) in [5.74, 6) is 0.0262. The summed E-state index contributed by atoms with van der Waals surface area (Å²) in [6, 6.07) is 0. The monoisotopic (exact) mass is 665 g/mol. The van der Waals surface area contributed by atoms with Crippen molar-refractivity contribution >= 4 is 32.6 Å². The molecule has 3 aromatic heterocycles. The minimum atomic E-state index is -5.16. The predicted molar refractivity (Wildman–Crippen MR) is 144 cm³/mol. The van der Waals surface area contributed by atoms with Crippen LogP contribution in [0.1, 0.15) is 24.4 Å². The Morgan fingerprint density at radius 2 is 1.86 bits per heavy atom. The van der Waals surface area contributed by atoms with Crippen LogP contribution in [0, 0.1) is 6.92 Å². The summed E-state index contributed by atoms with van der Waals surface area (Å²) in [5.41, 5.74) is 4.88. The first-order valence-corrected chi connectivity index (χ1v) is 15.8. The van der Waals surface area contributed by atoms with Crippen LogP contribution < -0.4 is 17.0 Å². The summed E-state index contributed by atoms with van der Waals surface area (Å²) in [5, 5.41) is 21.0. The van der Waals surface area contributed by atoms with Crippen molar-refractivity contribution in [2.75, 3.05) is 26.1 Å². The molecule has 0 radical (unpaired) electrons. The molecule has 0 bridgehead atoms. The second-order valence-corrected chi connectivity index (χ2v) is 12.7. The molecule has 23 heteroatoms. The molecule has 0 amide bonds. The molecular formula is C21H29N7O14P2. The lowest BCUT2D eigenvalue weighted by Crippen LogP contribution is -2.36. The van der Waals surface area contributed by atoms with Gasteiger partial charge in [0.1, 0.15) is 48.6 Å². The Morgan fingerprint density at radius 3 is 2.57 bits per heavy atom. The van der Waals surface area contributed by atoms with Crippen LogP contribution in [0.15, 0.2) is 28.4 Å². The van der Waals surface area contributed by atoms with Crippen molar-refractivity contribution in [3.63, 3.8) is 0 Å². The van der Waals surface area contributed by atoms with Crippen molar-refractivity contribution in [1.29, 1.82) is 0 Å². The fourth-order valence-corrected chi connectivity index (χ4v) is 6.41. The molecule has 9 atom stereocenters. The summed E-state index contributed by atoms with van der Waals surface area (Å²) in [4.78, 5) is 58.6. The Kier molecular flexibility index (Phi) is 9.21. The van der Waals surface area contributed by atoms with Crippen LogP contribution in [-0.2, 0) is 36.7 Å². The quantitative estimate of drug-likeness (QED) is 0.126. The Bertz CT molecular complexity index is 1730. The highest BCUT2D eigenvalue weighted by Gasteiger charge is 2.51. The molecule has 21 nitrogen and oxygen atoms in total. The van der Waals surface area contributed by atoms with E-state index in [1.807, 2.05) is 0 Å². The van der Waals surface area contributed by atoms with E-state index >= 15 is 0 Å². The van der Waals surface area contributed by atoms with E-state index in [4.69, 9.17) is 28.8 Å². The molecule has 2 saturated heterocycles. The number of nitrogens with one attached hydrogen (secondary N) is 1. The molecule has 5 heterocycles. The number of aliphatic hydroxyl groups is 2. The number of aromatic amines is 1. The molecule has 242 valence electrons. The van der Waals surface area contributed by atoms with Gasteiger partial charge in [-0.05, 0) is 6.92 Å². The van der Waals surface area contributed by atoms with Crippen molar-refractivity contribution in [3.8, 4) is 0 Å². The van der Waals surface area contributed by atoms with Crippen LogP contribution in [0.25, 0.3) is 11.2 Å². The predicted octanol–water partition coefficient (Wildman–Crippen LogP) is -1.56. The zero-order valence-electron chi connectivity index (χ0n) is 23.0. The molecule has 5 rings (SSSR count). The Morgan fingerprint density at radius 1 is 1.11 bits per heavy atom. The fourth-order valence-electron chi connectivity index (χ4n) is 4.79. The first-order valence-electron chi connectivity index (χ1n) is 12.8. The van der Waals surface area contributed by atoms with E-state index in [1.54, 1.807) is 0 Å². The average Bonchev–Trinajstić information content (AvgIpc) is 3.65. The number of anilines is 1. The normalized spacial score (nSPS) is 30.0. The number of fused-ring (bicyclic) bond motifs is 1. The smallest absolute Gasteiger partial charge is 0.394 e. The summed E-state index contributed by atoms with van der Waals surface area (Å²) in [7, 11) is -8.81. The Labute approximate surface area is 246 Å². The molecule has 44 heavy (non-hydrogen) atoms. The van der Waals surface area contributed by atoms with Gasteiger partial charge in [0.25, 0.3) is 5.56 Å². The summed E-state index contributed by atoms with van der Waals surface area (Å²) >= 11 is 0. The third-order valence-corrected chi connectivity index (χ3v) is 8.93. The molecule has 3 unspecified atom stereocenters. The maximum Gasteiger partial charge on any atom is 0.473 e. The first kappa shape index (κ1) is 32.5. The summed E-state index contributed by atoms with van der Waals surface area (Å²) < 4.78 is 58.8. The van der Waals surface area contributed by atoms with Crippen LogP contribution in [0.5, 0.6) is 0 Å². The van der Waals surface area contributed by atoms with Gasteiger partial charge in [0, 0.05) is 25.3 Å². The highest BCUT2D eigenvalue weighted by molar-refractivity contribution is 7.47. The SMILES string of the molecule is COP(=O)(O)OC[C@H]1O[C@@H](n2cnc3c(N)ncnc32)[C@@H](O)C1OP(=O)(O)O[C@H]1C[C@@H](n2cc(C)c(=O)[nH]c2=O)O[C@H]1CO. The van der Waals surface area contributed by atoms with Crippen molar-refractivity contribution in [3.05, 3.63) is 45.3 Å². The van der Waals surface area contributed by atoms with Crippen molar-refractivity contribution < 1.29 is 56.7 Å². The fraction of sp³-hybridized carbons (Fsp3) is 0.571. The summed E-state index contributed by atoms with van der Waals surface area (Å²) in [6.45, 7) is 0.00950. The van der Waals surface area contributed by atoms with Crippen LogP contribution in [0.4, 0.5) is 5.82 Å². The molecule has 0 saturated carbocycles. The average molecular weight is 665 g/mol. The third kappa shape index (κ3) is 6.54. The Balaban J connectivity index is 1.37. The van der Waals surface area contributed by atoms with Crippen molar-refractivity contribution in [1.82, 2.24) is 29.1 Å². The second-order valence-electron chi connectivity index (χ2n) is 9.79. The molecule has 3 aromatic rings. The molecule has 2 fully saturated rings. The maximum atomic E-state index is 13.3. The van der Waals surface area contributed by atoms with Gasteiger partial charge in [0.05, 0.1) is 19.5 Å². The number of aliphatic hydroxyl groups excluding tert-OH is 2. The van der Waals surface area contributed by atoms with Crippen LogP contribution >= 0.6 is 15.6 Å². The van der Waals surface area contributed by atoms with Crippen LogP contribution in [-0.4, -0.2) is 99.9 Å². The van der Waals surface area contributed by atoms with Gasteiger partial charge >= 0.3 is 21.3 Å². The molecule has 2 aliphatic heterocycles. The largest absolute Gasteiger partial charge is 0.473 e. The number of hydrogen-bond acceptors (Lipinski definition) is 16. The van der Waals surface area contributed by atoms with Gasteiger partial charge in [-0.25, -0.2) is 28.9 Å². The minimum absolute atomic E-state index is 0.0262. The zero-order valence-corrected chi connectivity index (χ0v) is 24.8. The van der Waals surface area contributed by atoms with Gasteiger partial charge in [-0.3, -0.25) is 37.0 Å². The molecule has 0 aromatic carbocycles. The minimum Gasteiger partial charge on any atom is -0.394 e. The standard InChI is InChI=1S/C21H29N7O14P2/c1-9-4-27(21(32)26-19(9)31)13-3-10(11(5-29)39-13)41-44(35,36)42-16-12(6-38-43(33,34)37-2)40-20(15(16)30)28-8-25-14-17(22)23-7-24-18(14)28/h4,7-8,10-13,15-16,20,29-30H,3,5-6H2,1-2H3,(H,33,34)(H,35,36)(H2,22,23,24)(H,26,31,32)/t10-,11-,12+,13-,15-,16?,20+/m0/s1. The van der Waals surface area contributed by atoms with Crippen molar-refractivity contribution in [2.24, 2.45) is 0 Å². The molecular weight excluding hydrogens is 636 g/mol. The maximum absolute atomic E-state index is 13.3. The number of nitrogens with zero attached hydrogens (tertiary/aromatic N) is 5. The van der Waals surface area contributed by atoms with Gasteiger partial charge in [-0.1, -0.05) is 0 Å². The lowest BCUT2D eigenvalue weighted by Gasteiger charge is -2.25. The number of H-pyrrole nitrogens is 1. The molecule has 0 aliphatic carbocycles. The van der Waals surface area contributed by atoms with E-state index in [9.17, 15) is 38.7 Å². The van der Waals surface area contributed by atoms with E-state index in [1.165, 1.54) is 24.0 Å². The van der Waals surface area contributed by atoms with Gasteiger partial charge in [-0.15, -0.1) is 0 Å². The van der Waals surface area contributed by atoms with E-state index in [0.29, 0.717) is 0 Å². The number of imidazole rings is 1. The number of aromatic nitrogens is 6. The van der Waals surface area contributed by atoms with Gasteiger partial charge in [-0.2, -0.15) is 0 Å². The Hall–Kier alpha value is -2.91. The van der Waals surface area contributed by atoms with Gasteiger partial charge < -0.3 is 35.2 Å². The highest BCUT2D eigenvalue weighted by Crippen LogP contribution is 2.52. The van der Waals surface area contributed by atoms with E-state index in [2.05, 4.69) is 24.5 Å². The highest BCUT2D eigenvalue weighted by atomic mass is 31.2. The van der Waals surface area contributed by atoms with Gasteiger partial charge in [0.15, 0.2) is 17.7 Å². The van der Waals surface area contributed by atoms with Crippen LogP contribution in [0.3, 0.4) is 0 Å². The molecule has 7 N–H and O–H groups in total. The van der Waals surface area contributed by atoms with E-state index in [-0.39, 0.29) is 29.0 Å². The lowest BCUT2D eigenvalue weighted by atomic mass is 10.1. The number of rotatable bonds is 11. The first-order chi connectivity index (χ1) is 20.7. The molecule has 2 aliphatic rings. The summed E-state index contributed by atoms with van der Waals surface area (Å²) in [6.07, 6.45) is -6.57. The number of phosphoric ester groups is 2. The topological polar surface area (TPSA) is 295 Å². The third-order valence-electron chi connectivity index (χ3n) is 6.94. The van der Waals surface area contributed by atoms with E-state index in [0.717, 1.165) is 18.0 Å². The van der Waals surface area contributed by atoms with Crippen molar-refractivity contribution in [2.45, 2.75) is 56.3 Å². The zero-order chi connectivity index (χ0) is 32.0. The number of hydrogen-bond donors (Lipinski definition) is 6. The van der Waals surface area contributed by atoms with Crippen LogP contribution in [0.2, 0.25) is 0 Å². The van der Waals surface area contributed by atoms with E-state index < -0.39 is 83.1 Å². The lowest BCUT2D eigenvalue weighted by molar-refractivity contribution is -0.0559. The number of ether oxygens (including phenoxy) is 2. The number of nitrogen functional groups attached to an aromatic ring is 1. The van der Waals surface area contributed by atoms with Gasteiger partial charge in [0.2, 0.25) is 0 Å². The number of nitrogens with two attached hydrogens (primary N) is 1. The number of phosphoric acid groups is 2. The number of aryl methyl sites for hydroxylation is 1.